The number of halogens is 1. The minimum absolute atomic E-state index is 0. The van der Waals surface area contributed by atoms with Crippen molar-refractivity contribution in [3.8, 4) is 22.7 Å². The van der Waals surface area contributed by atoms with Crippen LogP contribution in [0.2, 0.25) is 0 Å². The number of carbonyl (C=O) groups excluding carboxylic acids is 1. The Morgan fingerprint density at radius 3 is 2.62 bits per heavy atom. The summed E-state index contributed by atoms with van der Waals surface area (Å²) in [5.41, 5.74) is 3.63. The van der Waals surface area contributed by atoms with Gasteiger partial charge in [-0.1, -0.05) is 18.2 Å². The second-order valence-corrected chi connectivity index (χ2v) is 6.95. The molecule has 1 unspecified atom stereocenters. The lowest BCUT2D eigenvalue weighted by atomic mass is 10.1. The molecule has 1 amide bonds. The van der Waals surface area contributed by atoms with Crippen LogP contribution in [-0.4, -0.2) is 41.9 Å². The lowest BCUT2D eigenvalue weighted by molar-refractivity contribution is -0.121. The van der Waals surface area contributed by atoms with E-state index >= 15 is 0 Å². The number of ether oxygens (including phenoxy) is 1. The second kappa shape index (κ2) is 9.58. The number of para-hydroxylation sites is 1. The number of carbonyl (C=O) groups is 1. The Bertz CT molecular complexity index is 935. The van der Waals surface area contributed by atoms with Gasteiger partial charge in [0.25, 0.3) is 0 Å². The van der Waals surface area contributed by atoms with Gasteiger partial charge in [-0.2, -0.15) is 5.10 Å². The first-order valence-corrected chi connectivity index (χ1v) is 9.51. The van der Waals surface area contributed by atoms with Crippen LogP contribution in [0, 0.1) is 0 Å². The van der Waals surface area contributed by atoms with Crippen molar-refractivity contribution in [2.75, 3.05) is 20.2 Å². The minimum Gasteiger partial charge on any atom is -0.497 e. The van der Waals surface area contributed by atoms with Crippen LogP contribution in [0.4, 0.5) is 0 Å². The van der Waals surface area contributed by atoms with E-state index in [0.717, 1.165) is 47.8 Å². The molecule has 0 saturated carbocycles. The lowest BCUT2D eigenvalue weighted by Gasteiger charge is -2.11. The van der Waals surface area contributed by atoms with Gasteiger partial charge in [-0.05, 0) is 49.4 Å². The number of rotatable bonds is 6. The highest BCUT2D eigenvalue weighted by molar-refractivity contribution is 5.85. The van der Waals surface area contributed by atoms with Gasteiger partial charge in [0.2, 0.25) is 5.91 Å². The number of hydrogen-bond acceptors (Lipinski definition) is 4. The molecule has 2 N–H and O–H groups in total. The summed E-state index contributed by atoms with van der Waals surface area (Å²) in [5.74, 6) is 0.815. The van der Waals surface area contributed by atoms with Gasteiger partial charge in [0.15, 0.2) is 0 Å². The van der Waals surface area contributed by atoms with Crippen molar-refractivity contribution in [1.29, 1.82) is 0 Å². The van der Waals surface area contributed by atoms with E-state index in [4.69, 9.17) is 9.84 Å². The van der Waals surface area contributed by atoms with Crippen molar-refractivity contribution >= 4 is 18.3 Å². The summed E-state index contributed by atoms with van der Waals surface area (Å²) in [7, 11) is 1.65. The topological polar surface area (TPSA) is 68.2 Å². The number of nitrogens with zero attached hydrogens (tertiary/aromatic N) is 2. The van der Waals surface area contributed by atoms with Crippen LogP contribution in [0.3, 0.4) is 0 Å². The summed E-state index contributed by atoms with van der Waals surface area (Å²) in [4.78, 5) is 12.6. The molecule has 152 valence electrons. The molecule has 0 radical (unpaired) electrons. The summed E-state index contributed by atoms with van der Waals surface area (Å²) >= 11 is 0. The van der Waals surface area contributed by atoms with Gasteiger partial charge in [-0.15, -0.1) is 12.4 Å². The quantitative estimate of drug-likeness (QED) is 0.653. The molecule has 4 rings (SSSR count). The van der Waals surface area contributed by atoms with E-state index < -0.39 is 0 Å². The summed E-state index contributed by atoms with van der Waals surface area (Å²) in [6, 6.07) is 17.9. The van der Waals surface area contributed by atoms with Crippen LogP contribution in [0.1, 0.15) is 12.0 Å². The molecule has 1 aliphatic rings. The first-order valence-electron chi connectivity index (χ1n) is 9.51. The van der Waals surface area contributed by atoms with Gasteiger partial charge in [0.05, 0.1) is 24.9 Å². The number of hydrogen-bond donors (Lipinski definition) is 2. The Morgan fingerprint density at radius 1 is 1.21 bits per heavy atom. The SMILES string of the molecule is COc1ccc(-c2nn(-c3ccccc3)cc2CC(=O)NC2CCNC2)cc1.Cl. The summed E-state index contributed by atoms with van der Waals surface area (Å²) < 4.78 is 7.09. The normalized spacial score (nSPS) is 15.6. The minimum atomic E-state index is 0. The van der Waals surface area contributed by atoms with Crippen molar-refractivity contribution in [2.24, 2.45) is 0 Å². The number of methoxy groups -OCH3 is 1. The van der Waals surface area contributed by atoms with Crippen LogP contribution < -0.4 is 15.4 Å². The number of amides is 1. The third-order valence-corrected chi connectivity index (χ3v) is 4.95. The third-order valence-electron chi connectivity index (χ3n) is 4.95. The highest BCUT2D eigenvalue weighted by atomic mass is 35.5. The predicted molar refractivity (Wildman–Crippen MR) is 116 cm³/mol. The molecule has 1 aliphatic heterocycles. The molecule has 29 heavy (non-hydrogen) atoms. The Labute approximate surface area is 176 Å². The molecule has 1 saturated heterocycles. The van der Waals surface area contributed by atoms with Gasteiger partial charge in [-0.3, -0.25) is 4.79 Å². The van der Waals surface area contributed by atoms with E-state index in [1.54, 1.807) is 7.11 Å². The first kappa shape index (κ1) is 20.9. The van der Waals surface area contributed by atoms with Gasteiger partial charge < -0.3 is 15.4 Å². The maximum atomic E-state index is 12.6. The van der Waals surface area contributed by atoms with Crippen molar-refractivity contribution in [1.82, 2.24) is 20.4 Å². The summed E-state index contributed by atoms with van der Waals surface area (Å²) in [6.07, 6.45) is 3.21. The van der Waals surface area contributed by atoms with Gasteiger partial charge >= 0.3 is 0 Å². The average Bonchev–Trinajstić information content (AvgIpc) is 3.39. The fourth-order valence-corrected chi connectivity index (χ4v) is 3.47. The fraction of sp³-hybridized carbons (Fsp3) is 0.273. The molecule has 2 heterocycles. The van der Waals surface area contributed by atoms with Crippen molar-refractivity contribution in [3.05, 3.63) is 66.4 Å². The molecule has 2 aromatic carbocycles. The zero-order valence-electron chi connectivity index (χ0n) is 16.3. The third kappa shape index (κ3) is 4.96. The zero-order chi connectivity index (χ0) is 19.3. The Hall–Kier alpha value is -2.83. The van der Waals surface area contributed by atoms with Crippen molar-refractivity contribution < 1.29 is 9.53 Å². The Balaban J connectivity index is 0.00000240. The van der Waals surface area contributed by atoms with Crippen LogP contribution >= 0.6 is 12.4 Å². The van der Waals surface area contributed by atoms with Crippen molar-refractivity contribution in [3.63, 3.8) is 0 Å². The number of aromatic nitrogens is 2. The number of benzene rings is 2. The lowest BCUT2D eigenvalue weighted by Crippen LogP contribution is -2.37. The van der Waals surface area contributed by atoms with E-state index in [9.17, 15) is 4.79 Å². The van der Waals surface area contributed by atoms with Crippen LogP contribution in [0.25, 0.3) is 16.9 Å². The molecule has 1 atom stereocenters. The second-order valence-electron chi connectivity index (χ2n) is 6.95. The van der Waals surface area contributed by atoms with E-state index in [1.807, 2.05) is 65.5 Å². The molecule has 1 fully saturated rings. The van der Waals surface area contributed by atoms with E-state index in [0.29, 0.717) is 6.42 Å². The molecule has 0 bridgehead atoms. The standard InChI is InChI=1S/C22H24N4O2.ClH/c1-28-20-9-7-16(8-10-20)22-17(13-21(27)24-18-11-12-23-14-18)15-26(25-22)19-5-3-2-4-6-19;/h2-10,15,18,23H,11-14H2,1H3,(H,24,27);1H. The number of nitrogens with one attached hydrogen (secondary N) is 2. The first-order chi connectivity index (χ1) is 13.7. The largest absolute Gasteiger partial charge is 0.497 e. The highest BCUT2D eigenvalue weighted by Gasteiger charge is 2.20. The Kier molecular flexibility index (Phi) is 6.90. The van der Waals surface area contributed by atoms with E-state index in [1.165, 1.54) is 0 Å². The van der Waals surface area contributed by atoms with E-state index in [2.05, 4.69) is 10.6 Å². The molecular formula is C22H25ClN4O2. The summed E-state index contributed by atoms with van der Waals surface area (Å²) in [6.45, 7) is 1.79. The predicted octanol–water partition coefficient (Wildman–Crippen LogP) is 2.99. The average molecular weight is 413 g/mol. The highest BCUT2D eigenvalue weighted by Crippen LogP contribution is 2.26. The van der Waals surface area contributed by atoms with Crippen LogP contribution in [0.15, 0.2) is 60.8 Å². The van der Waals surface area contributed by atoms with Gasteiger partial charge in [-0.25, -0.2) is 4.68 Å². The molecule has 7 heteroatoms. The summed E-state index contributed by atoms with van der Waals surface area (Å²) in [5, 5.41) is 11.2. The van der Waals surface area contributed by atoms with Crippen LogP contribution in [-0.2, 0) is 11.2 Å². The maximum Gasteiger partial charge on any atom is 0.224 e. The smallest absolute Gasteiger partial charge is 0.224 e. The molecule has 1 aromatic heterocycles. The molecule has 3 aromatic rings. The monoisotopic (exact) mass is 412 g/mol. The van der Waals surface area contributed by atoms with E-state index in [-0.39, 0.29) is 24.4 Å². The Morgan fingerprint density at radius 2 is 1.97 bits per heavy atom. The molecule has 0 spiro atoms. The van der Waals surface area contributed by atoms with Gasteiger partial charge in [0, 0.05) is 29.9 Å². The van der Waals surface area contributed by atoms with Gasteiger partial charge in [0.1, 0.15) is 5.75 Å². The van der Waals surface area contributed by atoms with Crippen LogP contribution in [0.5, 0.6) is 5.75 Å². The molecule has 6 nitrogen and oxygen atoms in total. The zero-order valence-corrected chi connectivity index (χ0v) is 17.1. The maximum absolute atomic E-state index is 12.6. The molecule has 0 aliphatic carbocycles. The molecular weight excluding hydrogens is 388 g/mol. The van der Waals surface area contributed by atoms with Crippen molar-refractivity contribution in [2.45, 2.75) is 18.9 Å². The fourth-order valence-electron chi connectivity index (χ4n) is 3.47.